The van der Waals surface area contributed by atoms with Crippen LogP contribution >= 0.6 is 24.2 Å². The third-order valence-corrected chi connectivity index (χ3v) is 5.82. The monoisotopic (exact) mass is 322 g/mol. The summed E-state index contributed by atoms with van der Waals surface area (Å²) in [7, 11) is -3.36. The van der Waals surface area contributed by atoms with Crippen LogP contribution in [0.2, 0.25) is 0 Å². The molecule has 1 aromatic rings. The molecule has 0 aromatic heterocycles. The highest BCUT2D eigenvalue weighted by atomic mass is 35.5. The molecule has 0 aliphatic carbocycles. The lowest BCUT2D eigenvalue weighted by Crippen LogP contribution is -2.52. The highest BCUT2D eigenvalue weighted by Gasteiger charge is 2.30. The van der Waals surface area contributed by atoms with Gasteiger partial charge in [0.15, 0.2) is 0 Å². The molecule has 7 heteroatoms. The fourth-order valence-corrected chi connectivity index (χ4v) is 4.29. The molecule has 1 aliphatic rings. The zero-order valence-electron chi connectivity index (χ0n) is 11.0. The lowest BCUT2D eigenvalue weighted by atomic mass is 10.3. The number of halogens is 1. The first-order valence-electron chi connectivity index (χ1n) is 5.92. The van der Waals surface area contributed by atoms with Crippen molar-refractivity contribution in [3.05, 3.63) is 24.3 Å². The summed E-state index contributed by atoms with van der Waals surface area (Å²) in [6.45, 7) is 3.89. The maximum Gasteiger partial charge on any atom is 0.243 e. The van der Waals surface area contributed by atoms with Crippen molar-refractivity contribution in [1.82, 2.24) is 9.62 Å². The summed E-state index contributed by atoms with van der Waals surface area (Å²) < 4.78 is 26.7. The zero-order valence-corrected chi connectivity index (χ0v) is 13.4. The van der Waals surface area contributed by atoms with Crippen molar-refractivity contribution in [2.24, 2.45) is 0 Å². The second-order valence-electron chi connectivity index (χ2n) is 4.35. The van der Waals surface area contributed by atoms with Crippen molar-refractivity contribution in [3.8, 4) is 0 Å². The van der Waals surface area contributed by atoms with Gasteiger partial charge in [-0.05, 0) is 31.4 Å². The van der Waals surface area contributed by atoms with Crippen LogP contribution in [-0.4, -0.2) is 44.7 Å². The van der Waals surface area contributed by atoms with Crippen LogP contribution in [-0.2, 0) is 10.0 Å². The molecule has 4 nitrogen and oxygen atoms in total. The second-order valence-corrected chi connectivity index (χ2v) is 7.12. The summed E-state index contributed by atoms with van der Waals surface area (Å²) in [5, 5.41) is 3.20. The van der Waals surface area contributed by atoms with Crippen LogP contribution in [0.25, 0.3) is 0 Å². The van der Waals surface area contributed by atoms with Gasteiger partial charge in [-0.25, -0.2) is 8.42 Å². The molecule has 19 heavy (non-hydrogen) atoms. The van der Waals surface area contributed by atoms with Gasteiger partial charge in [-0.2, -0.15) is 4.31 Å². The average Bonchev–Trinajstić information content (AvgIpc) is 2.39. The van der Waals surface area contributed by atoms with Gasteiger partial charge in [0.1, 0.15) is 0 Å². The number of hydrogen-bond donors (Lipinski definition) is 1. The highest BCUT2D eigenvalue weighted by Crippen LogP contribution is 2.23. The topological polar surface area (TPSA) is 49.4 Å². The maximum atomic E-state index is 12.6. The molecule has 1 fully saturated rings. The van der Waals surface area contributed by atoms with E-state index in [1.165, 1.54) is 0 Å². The largest absolute Gasteiger partial charge is 0.314 e. The SMILES string of the molecule is CSc1cccc(S(=O)(=O)N2CCNCC2C)c1.Cl. The van der Waals surface area contributed by atoms with E-state index >= 15 is 0 Å². The number of thioether (sulfide) groups is 1. The first-order valence-corrected chi connectivity index (χ1v) is 8.59. The van der Waals surface area contributed by atoms with Gasteiger partial charge in [-0.1, -0.05) is 6.07 Å². The van der Waals surface area contributed by atoms with E-state index in [1.807, 2.05) is 19.2 Å². The van der Waals surface area contributed by atoms with Crippen molar-refractivity contribution < 1.29 is 8.42 Å². The Bertz CT molecular complexity index is 522. The molecule has 0 bridgehead atoms. The van der Waals surface area contributed by atoms with Crippen LogP contribution in [0.1, 0.15) is 6.92 Å². The van der Waals surface area contributed by atoms with Crippen LogP contribution < -0.4 is 5.32 Å². The Morgan fingerprint density at radius 3 is 2.79 bits per heavy atom. The summed E-state index contributed by atoms with van der Waals surface area (Å²) in [4.78, 5) is 1.36. The zero-order chi connectivity index (χ0) is 13.2. The van der Waals surface area contributed by atoms with E-state index in [0.717, 1.165) is 4.90 Å². The van der Waals surface area contributed by atoms with Gasteiger partial charge in [-0.3, -0.25) is 0 Å². The molecule has 1 unspecified atom stereocenters. The summed E-state index contributed by atoms with van der Waals surface area (Å²) in [6.07, 6.45) is 1.94. The van der Waals surface area contributed by atoms with Gasteiger partial charge in [0.05, 0.1) is 4.90 Å². The first-order chi connectivity index (χ1) is 8.55. The molecular formula is C12H19ClN2O2S2. The van der Waals surface area contributed by atoms with Crippen LogP contribution in [0.3, 0.4) is 0 Å². The number of sulfonamides is 1. The molecule has 1 saturated heterocycles. The molecule has 1 heterocycles. The molecule has 0 saturated carbocycles. The minimum Gasteiger partial charge on any atom is -0.314 e. The Morgan fingerprint density at radius 2 is 2.16 bits per heavy atom. The average molecular weight is 323 g/mol. The van der Waals surface area contributed by atoms with E-state index in [2.05, 4.69) is 5.32 Å². The van der Waals surface area contributed by atoms with Crippen molar-refractivity contribution in [2.75, 3.05) is 25.9 Å². The second kappa shape index (κ2) is 6.95. The van der Waals surface area contributed by atoms with Gasteiger partial charge >= 0.3 is 0 Å². The van der Waals surface area contributed by atoms with Crippen LogP contribution in [0.4, 0.5) is 0 Å². The first kappa shape index (κ1) is 16.8. The number of piperazine rings is 1. The molecule has 108 valence electrons. The molecule has 1 aromatic carbocycles. The molecule has 2 rings (SSSR count). The van der Waals surface area contributed by atoms with E-state index in [9.17, 15) is 8.42 Å². The third kappa shape index (κ3) is 3.64. The Morgan fingerprint density at radius 1 is 1.42 bits per heavy atom. The summed E-state index contributed by atoms with van der Waals surface area (Å²) in [5.74, 6) is 0. The molecule has 0 spiro atoms. The fourth-order valence-electron chi connectivity index (χ4n) is 2.08. The van der Waals surface area contributed by atoms with E-state index in [4.69, 9.17) is 0 Å². The van der Waals surface area contributed by atoms with E-state index < -0.39 is 10.0 Å². The maximum absolute atomic E-state index is 12.6. The van der Waals surface area contributed by atoms with Gasteiger partial charge in [0.2, 0.25) is 10.0 Å². The van der Waals surface area contributed by atoms with Crippen molar-refractivity contribution in [1.29, 1.82) is 0 Å². The number of hydrogen-bond acceptors (Lipinski definition) is 4. The predicted molar refractivity (Wildman–Crippen MR) is 81.7 cm³/mol. The number of rotatable bonds is 3. The van der Waals surface area contributed by atoms with Crippen molar-refractivity contribution in [2.45, 2.75) is 22.8 Å². The quantitative estimate of drug-likeness (QED) is 0.862. The highest BCUT2D eigenvalue weighted by molar-refractivity contribution is 7.98. The van der Waals surface area contributed by atoms with Gasteiger partial charge < -0.3 is 5.32 Å². The van der Waals surface area contributed by atoms with Crippen molar-refractivity contribution in [3.63, 3.8) is 0 Å². The lowest BCUT2D eigenvalue weighted by Gasteiger charge is -2.32. The number of nitrogens with one attached hydrogen (secondary N) is 1. The van der Waals surface area contributed by atoms with Gasteiger partial charge in [0.25, 0.3) is 0 Å². The molecule has 1 N–H and O–H groups in total. The van der Waals surface area contributed by atoms with E-state index in [1.54, 1.807) is 34.3 Å². The summed E-state index contributed by atoms with van der Waals surface area (Å²) in [5.41, 5.74) is 0. The number of nitrogens with zero attached hydrogens (tertiary/aromatic N) is 1. The summed E-state index contributed by atoms with van der Waals surface area (Å²) >= 11 is 1.55. The molecule has 0 amide bonds. The normalized spacial score (nSPS) is 20.8. The molecular weight excluding hydrogens is 304 g/mol. The third-order valence-electron chi connectivity index (χ3n) is 3.09. The van der Waals surface area contributed by atoms with Crippen LogP contribution in [0.15, 0.2) is 34.1 Å². The van der Waals surface area contributed by atoms with Crippen LogP contribution in [0, 0.1) is 0 Å². The molecule has 1 atom stereocenters. The standard InChI is InChI=1S/C12H18N2O2S2.ClH/c1-10-9-13-6-7-14(10)18(15,16)12-5-3-4-11(8-12)17-2;/h3-5,8,10,13H,6-7,9H2,1-2H3;1H. The Labute approximate surface area is 125 Å². The lowest BCUT2D eigenvalue weighted by molar-refractivity contribution is 0.284. The minimum atomic E-state index is -3.36. The van der Waals surface area contributed by atoms with E-state index in [0.29, 0.717) is 24.5 Å². The molecule has 0 radical (unpaired) electrons. The molecule has 1 aliphatic heterocycles. The predicted octanol–water partition coefficient (Wildman–Crippen LogP) is 1.81. The Balaban J connectivity index is 0.00000180. The van der Waals surface area contributed by atoms with Crippen LogP contribution in [0.5, 0.6) is 0 Å². The summed E-state index contributed by atoms with van der Waals surface area (Å²) in [6, 6.07) is 7.14. The van der Waals surface area contributed by atoms with Crippen molar-refractivity contribution >= 4 is 34.2 Å². The minimum absolute atomic E-state index is 0. The Kier molecular flexibility index (Phi) is 6.14. The number of benzene rings is 1. The van der Waals surface area contributed by atoms with E-state index in [-0.39, 0.29) is 18.4 Å². The fraction of sp³-hybridized carbons (Fsp3) is 0.500. The van der Waals surface area contributed by atoms with Gasteiger partial charge in [0, 0.05) is 30.6 Å². The smallest absolute Gasteiger partial charge is 0.243 e. The van der Waals surface area contributed by atoms with Gasteiger partial charge in [-0.15, -0.1) is 24.2 Å². The Hall–Kier alpha value is -0.270.